The van der Waals surface area contributed by atoms with Crippen molar-refractivity contribution < 1.29 is 0 Å². The Morgan fingerprint density at radius 1 is 1.22 bits per heavy atom. The van der Waals surface area contributed by atoms with E-state index < -0.39 is 0 Å². The number of hydrogen-bond donors (Lipinski definition) is 0. The summed E-state index contributed by atoms with van der Waals surface area (Å²) in [5.41, 5.74) is 2.32. The number of aryl methyl sites for hydroxylation is 1. The maximum absolute atomic E-state index is 4.57. The number of aromatic nitrogens is 5. The van der Waals surface area contributed by atoms with Crippen LogP contribution in [0.5, 0.6) is 0 Å². The van der Waals surface area contributed by atoms with Crippen molar-refractivity contribution in [2.45, 2.75) is 49.7 Å². The van der Waals surface area contributed by atoms with Crippen LogP contribution in [0.25, 0.3) is 11.4 Å². The van der Waals surface area contributed by atoms with E-state index in [1.807, 2.05) is 12.1 Å². The van der Waals surface area contributed by atoms with E-state index in [9.17, 15) is 0 Å². The highest BCUT2D eigenvalue weighted by molar-refractivity contribution is 8.00. The van der Waals surface area contributed by atoms with E-state index in [2.05, 4.69) is 63.9 Å². The third kappa shape index (κ3) is 3.30. The lowest BCUT2D eigenvalue weighted by molar-refractivity contribution is 0.686. The molecule has 0 atom stereocenters. The second kappa shape index (κ2) is 6.80. The highest BCUT2D eigenvalue weighted by Crippen LogP contribution is 2.32. The fraction of sp³-hybridized carbons (Fsp3) is 0.375. The molecule has 0 fully saturated rings. The second-order valence-corrected chi connectivity index (χ2v) is 7.51. The molecule has 0 saturated carbocycles. The van der Waals surface area contributed by atoms with E-state index in [1.165, 1.54) is 28.9 Å². The van der Waals surface area contributed by atoms with E-state index in [1.54, 1.807) is 0 Å². The minimum absolute atomic E-state index is 0.340. The molecule has 0 unspecified atom stereocenters. The van der Waals surface area contributed by atoms with Gasteiger partial charge in [-0.15, -0.1) is 10.2 Å². The van der Waals surface area contributed by atoms with Gasteiger partial charge in [0.05, 0.1) is 0 Å². The largest absolute Gasteiger partial charge is 0.302 e. The molecule has 0 amide bonds. The molecule has 5 nitrogen and oxygen atoms in total. The Morgan fingerprint density at radius 2 is 2.00 bits per heavy atom. The first-order chi connectivity index (χ1) is 11.1. The summed E-state index contributed by atoms with van der Waals surface area (Å²) in [6.45, 7) is 9.21. The van der Waals surface area contributed by atoms with Crippen molar-refractivity contribution in [1.82, 2.24) is 24.1 Å². The fourth-order valence-corrected chi connectivity index (χ4v) is 3.99. The summed E-state index contributed by atoms with van der Waals surface area (Å²) < 4.78 is 7.44. The molecule has 7 heteroatoms. The predicted octanol–water partition coefficient (Wildman–Crippen LogP) is 4.40. The maximum atomic E-state index is 4.57. The molecule has 1 aromatic carbocycles. The number of nitrogens with zero attached hydrogens (tertiary/aromatic N) is 5. The molecular weight excluding hydrogens is 326 g/mol. The molecule has 0 spiro atoms. The molecule has 0 radical (unpaired) electrons. The van der Waals surface area contributed by atoms with Gasteiger partial charge in [0.1, 0.15) is 5.82 Å². The zero-order valence-corrected chi connectivity index (χ0v) is 15.3. The van der Waals surface area contributed by atoms with Crippen LogP contribution in [0.2, 0.25) is 0 Å². The molecule has 0 bridgehead atoms. The Hall–Kier alpha value is -1.73. The highest BCUT2D eigenvalue weighted by Gasteiger charge is 2.17. The van der Waals surface area contributed by atoms with Crippen molar-refractivity contribution in [2.24, 2.45) is 0 Å². The first kappa shape index (κ1) is 16.1. The summed E-state index contributed by atoms with van der Waals surface area (Å²) in [5, 5.41) is 9.63. The summed E-state index contributed by atoms with van der Waals surface area (Å²) >= 11 is 2.95. The zero-order chi connectivity index (χ0) is 16.4. The van der Waals surface area contributed by atoms with Crippen LogP contribution >= 0.6 is 23.3 Å². The molecule has 23 heavy (non-hydrogen) atoms. The first-order valence-electron chi connectivity index (χ1n) is 7.60. The van der Waals surface area contributed by atoms with Crippen LogP contribution in [-0.2, 0) is 6.54 Å². The number of hydrogen-bond acceptors (Lipinski definition) is 6. The molecule has 0 aliphatic heterocycles. The van der Waals surface area contributed by atoms with Crippen molar-refractivity contribution >= 4 is 23.3 Å². The van der Waals surface area contributed by atoms with Crippen LogP contribution in [0.15, 0.2) is 33.8 Å². The zero-order valence-electron chi connectivity index (χ0n) is 13.6. The smallest absolute Gasteiger partial charge is 0.198 e. The molecule has 3 aromatic rings. The summed E-state index contributed by atoms with van der Waals surface area (Å²) in [6, 6.07) is 8.25. The normalized spacial score (nSPS) is 11.3. The van der Waals surface area contributed by atoms with Gasteiger partial charge in [-0.2, -0.15) is 4.37 Å². The molecule has 0 N–H and O–H groups in total. The van der Waals surface area contributed by atoms with Crippen LogP contribution in [0.1, 0.15) is 38.1 Å². The lowest BCUT2D eigenvalue weighted by Gasteiger charge is -2.08. The van der Waals surface area contributed by atoms with Gasteiger partial charge in [-0.25, -0.2) is 4.98 Å². The second-order valence-electron chi connectivity index (χ2n) is 5.54. The van der Waals surface area contributed by atoms with Crippen molar-refractivity contribution in [3.63, 3.8) is 0 Å². The third-order valence-electron chi connectivity index (χ3n) is 3.54. The van der Waals surface area contributed by atoms with Gasteiger partial charge >= 0.3 is 0 Å². The van der Waals surface area contributed by atoms with E-state index in [0.29, 0.717) is 5.92 Å². The average Bonchev–Trinajstić information content (AvgIpc) is 3.15. The van der Waals surface area contributed by atoms with Gasteiger partial charge in [0.15, 0.2) is 15.3 Å². The first-order valence-corrected chi connectivity index (χ1v) is 9.19. The quantitative estimate of drug-likeness (QED) is 0.686. The number of rotatable bonds is 5. The summed E-state index contributed by atoms with van der Waals surface area (Å²) in [4.78, 5) is 4.57. The standard InChI is InChI=1S/C16H19N5S2/c1-5-21-14(12-9-7-6-8-11(12)4)18-19-15(21)22-16-17-13(10(2)3)20-23-16/h6-10H,5H2,1-4H3. The van der Waals surface area contributed by atoms with Crippen molar-refractivity contribution in [3.05, 3.63) is 35.7 Å². The summed E-state index contributed by atoms with van der Waals surface area (Å²) in [5.74, 6) is 2.13. The minimum atomic E-state index is 0.340. The van der Waals surface area contributed by atoms with Gasteiger partial charge in [-0.05, 0) is 42.7 Å². The van der Waals surface area contributed by atoms with Crippen LogP contribution in [-0.4, -0.2) is 24.1 Å². The lowest BCUT2D eigenvalue weighted by atomic mass is 10.1. The summed E-state index contributed by atoms with van der Waals surface area (Å²) in [7, 11) is 0. The van der Waals surface area contributed by atoms with Crippen molar-refractivity contribution in [2.75, 3.05) is 0 Å². The molecule has 120 valence electrons. The Kier molecular flexibility index (Phi) is 4.77. The Bertz CT molecular complexity index is 806. The topological polar surface area (TPSA) is 56.5 Å². The Balaban J connectivity index is 1.93. The molecule has 3 rings (SSSR count). The van der Waals surface area contributed by atoms with Gasteiger partial charge in [-0.1, -0.05) is 38.1 Å². The minimum Gasteiger partial charge on any atom is -0.302 e. The average molecular weight is 345 g/mol. The predicted molar refractivity (Wildman–Crippen MR) is 94.0 cm³/mol. The van der Waals surface area contributed by atoms with Crippen LogP contribution in [0, 0.1) is 6.92 Å². The van der Waals surface area contributed by atoms with Gasteiger partial charge < -0.3 is 4.57 Å². The van der Waals surface area contributed by atoms with E-state index in [0.717, 1.165) is 33.3 Å². The van der Waals surface area contributed by atoms with Crippen molar-refractivity contribution in [3.8, 4) is 11.4 Å². The molecule has 0 aliphatic rings. The SMILES string of the molecule is CCn1c(Sc2nc(C(C)C)ns2)nnc1-c1ccccc1C. The van der Waals surface area contributed by atoms with Gasteiger partial charge in [-0.3, -0.25) is 0 Å². The van der Waals surface area contributed by atoms with Gasteiger partial charge in [0.25, 0.3) is 0 Å². The molecule has 0 aliphatic carbocycles. The van der Waals surface area contributed by atoms with Crippen LogP contribution < -0.4 is 0 Å². The molecule has 2 heterocycles. The molecule has 0 saturated heterocycles. The number of benzene rings is 1. The van der Waals surface area contributed by atoms with Crippen molar-refractivity contribution in [1.29, 1.82) is 0 Å². The fourth-order valence-electron chi connectivity index (χ4n) is 2.25. The van der Waals surface area contributed by atoms with Crippen LogP contribution in [0.3, 0.4) is 0 Å². The maximum Gasteiger partial charge on any atom is 0.198 e. The third-order valence-corrected chi connectivity index (χ3v) is 5.29. The van der Waals surface area contributed by atoms with Gasteiger partial charge in [0, 0.05) is 18.0 Å². The summed E-state index contributed by atoms with van der Waals surface area (Å²) in [6.07, 6.45) is 0. The van der Waals surface area contributed by atoms with E-state index in [-0.39, 0.29) is 0 Å². The van der Waals surface area contributed by atoms with E-state index >= 15 is 0 Å². The Morgan fingerprint density at radius 3 is 2.65 bits per heavy atom. The Labute approximate surface area is 144 Å². The molecule has 2 aromatic heterocycles. The van der Waals surface area contributed by atoms with Crippen LogP contribution in [0.4, 0.5) is 0 Å². The van der Waals surface area contributed by atoms with E-state index in [4.69, 9.17) is 0 Å². The molecular formula is C16H19N5S2. The monoisotopic (exact) mass is 345 g/mol. The highest BCUT2D eigenvalue weighted by atomic mass is 32.2. The lowest BCUT2D eigenvalue weighted by Crippen LogP contribution is -2.00. The van der Waals surface area contributed by atoms with Gasteiger partial charge in [0.2, 0.25) is 0 Å².